The fraction of sp³-hybridized carbons (Fsp3) is 0.529. The van der Waals surface area contributed by atoms with Crippen molar-refractivity contribution < 1.29 is 18.0 Å². The molecule has 0 aromatic heterocycles. The molecule has 0 saturated heterocycles. The number of sulfonamides is 1. The standard InChI is InChI=1S/C17H26N4O4S/c1-12(22)18-6-7-19-17(23)14-8-15(20-11-13-4-5-13)10-16(9-14)26(24,25)21(2)3/h8-10,13,20H,4-7,11H2,1-3H3,(H,18,22)(H,19,23). The van der Waals surface area contributed by atoms with Gasteiger partial charge in [0.1, 0.15) is 0 Å². The number of nitrogens with zero attached hydrogens (tertiary/aromatic N) is 1. The Morgan fingerprint density at radius 1 is 1.12 bits per heavy atom. The van der Waals surface area contributed by atoms with Gasteiger partial charge in [-0.1, -0.05) is 0 Å². The summed E-state index contributed by atoms with van der Waals surface area (Å²) in [4.78, 5) is 23.3. The van der Waals surface area contributed by atoms with E-state index in [0.717, 1.165) is 10.8 Å². The highest BCUT2D eigenvalue weighted by atomic mass is 32.2. The number of anilines is 1. The Hall–Kier alpha value is -2.13. The van der Waals surface area contributed by atoms with Crippen LogP contribution >= 0.6 is 0 Å². The molecule has 1 aromatic rings. The Kier molecular flexibility index (Phi) is 6.60. The van der Waals surface area contributed by atoms with E-state index in [9.17, 15) is 18.0 Å². The van der Waals surface area contributed by atoms with Crippen molar-refractivity contribution in [1.82, 2.24) is 14.9 Å². The molecule has 1 fully saturated rings. The van der Waals surface area contributed by atoms with E-state index in [4.69, 9.17) is 0 Å². The third-order valence-corrected chi connectivity index (χ3v) is 5.82. The molecule has 9 heteroatoms. The summed E-state index contributed by atoms with van der Waals surface area (Å²) < 4.78 is 26.0. The number of amides is 2. The smallest absolute Gasteiger partial charge is 0.251 e. The minimum Gasteiger partial charge on any atom is -0.385 e. The summed E-state index contributed by atoms with van der Waals surface area (Å²) in [7, 11) is -0.756. The molecule has 1 saturated carbocycles. The van der Waals surface area contributed by atoms with Gasteiger partial charge in [0.05, 0.1) is 4.90 Å². The summed E-state index contributed by atoms with van der Waals surface area (Å²) in [6.45, 7) is 2.72. The topological polar surface area (TPSA) is 108 Å². The molecule has 26 heavy (non-hydrogen) atoms. The van der Waals surface area contributed by atoms with Crippen LogP contribution in [-0.4, -0.2) is 58.3 Å². The van der Waals surface area contributed by atoms with Gasteiger partial charge in [0.15, 0.2) is 0 Å². The second kappa shape index (κ2) is 8.50. The number of rotatable bonds is 9. The average Bonchev–Trinajstić information content (AvgIpc) is 3.40. The first kappa shape index (κ1) is 20.2. The summed E-state index contributed by atoms with van der Waals surface area (Å²) in [5.41, 5.74) is 0.862. The van der Waals surface area contributed by atoms with E-state index in [1.807, 2.05) is 0 Å². The summed E-state index contributed by atoms with van der Waals surface area (Å²) in [5.74, 6) is 0.0459. The second-order valence-corrected chi connectivity index (χ2v) is 8.75. The molecule has 1 aliphatic rings. The van der Waals surface area contributed by atoms with Crippen molar-refractivity contribution in [2.45, 2.75) is 24.7 Å². The quantitative estimate of drug-likeness (QED) is 0.543. The molecule has 1 aromatic carbocycles. The van der Waals surface area contributed by atoms with Crippen molar-refractivity contribution >= 4 is 27.5 Å². The summed E-state index contributed by atoms with van der Waals surface area (Å²) in [6, 6.07) is 4.56. The van der Waals surface area contributed by atoms with Crippen molar-refractivity contribution in [2.75, 3.05) is 39.0 Å². The maximum absolute atomic E-state index is 12.5. The number of benzene rings is 1. The van der Waals surface area contributed by atoms with Crippen LogP contribution in [0, 0.1) is 5.92 Å². The van der Waals surface area contributed by atoms with E-state index >= 15 is 0 Å². The molecule has 0 spiro atoms. The van der Waals surface area contributed by atoms with Gasteiger partial charge in [-0.05, 0) is 37.0 Å². The van der Waals surface area contributed by atoms with Gasteiger partial charge in [-0.2, -0.15) is 0 Å². The molecule has 2 amide bonds. The van der Waals surface area contributed by atoms with E-state index in [0.29, 0.717) is 18.2 Å². The molecule has 2 rings (SSSR count). The third kappa shape index (κ3) is 5.70. The van der Waals surface area contributed by atoms with Gasteiger partial charge < -0.3 is 16.0 Å². The van der Waals surface area contributed by atoms with Crippen LogP contribution in [0.25, 0.3) is 0 Å². The van der Waals surface area contributed by atoms with Crippen LogP contribution in [-0.2, 0) is 14.8 Å². The first-order chi connectivity index (χ1) is 12.2. The average molecular weight is 382 g/mol. The lowest BCUT2D eigenvalue weighted by Gasteiger charge is -2.15. The molecule has 1 aliphatic carbocycles. The number of hydrogen-bond acceptors (Lipinski definition) is 5. The van der Waals surface area contributed by atoms with Crippen LogP contribution in [0.2, 0.25) is 0 Å². The molecule has 144 valence electrons. The Morgan fingerprint density at radius 2 is 1.77 bits per heavy atom. The van der Waals surface area contributed by atoms with E-state index in [-0.39, 0.29) is 28.8 Å². The normalized spacial score (nSPS) is 14.2. The van der Waals surface area contributed by atoms with Crippen LogP contribution in [0.3, 0.4) is 0 Å². The maximum Gasteiger partial charge on any atom is 0.251 e. The highest BCUT2D eigenvalue weighted by Gasteiger charge is 2.23. The molecule has 8 nitrogen and oxygen atoms in total. The zero-order valence-electron chi connectivity index (χ0n) is 15.3. The number of nitrogens with one attached hydrogen (secondary N) is 3. The SMILES string of the molecule is CC(=O)NCCNC(=O)c1cc(NCC2CC2)cc(S(=O)(=O)N(C)C)c1. The fourth-order valence-electron chi connectivity index (χ4n) is 2.29. The van der Waals surface area contributed by atoms with Gasteiger partial charge in [-0.25, -0.2) is 12.7 Å². The van der Waals surface area contributed by atoms with Crippen molar-refractivity contribution in [1.29, 1.82) is 0 Å². The monoisotopic (exact) mass is 382 g/mol. The Balaban J connectivity index is 2.18. The van der Waals surface area contributed by atoms with Crippen molar-refractivity contribution in [3.63, 3.8) is 0 Å². The number of carbonyl (C=O) groups is 2. The summed E-state index contributed by atoms with van der Waals surface area (Å²) in [6.07, 6.45) is 2.33. The second-order valence-electron chi connectivity index (χ2n) is 6.60. The van der Waals surface area contributed by atoms with Gasteiger partial charge in [0.2, 0.25) is 15.9 Å². The zero-order valence-corrected chi connectivity index (χ0v) is 16.1. The molecule has 0 unspecified atom stereocenters. The first-order valence-corrected chi connectivity index (χ1v) is 9.98. The molecular formula is C17H26N4O4S. The lowest BCUT2D eigenvalue weighted by atomic mass is 10.2. The van der Waals surface area contributed by atoms with E-state index in [1.54, 1.807) is 12.1 Å². The predicted octanol–water partition coefficient (Wildman–Crippen LogP) is 0.625. The third-order valence-electron chi connectivity index (χ3n) is 4.02. The Labute approximate surface area is 154 Å². The van der Waals surface area contributed by atoms with Gasteiger partial charge in [0.25, 0.3) is 5.91 Å². The molecule has 0 radical (unpaired) electrons. The predicted molar refractivity (Wildman–Crippen MR) is 99.5 cm³/mol. The van der Waals surface area contributed by atoms with E-state index < -0.39 is 10.0 Å². The minimum atomic E-state index is -3.66. The lowest BCUT2D eigenvalue weighted by Crippen LogP contribution is -2.33. The molecule has 0 heterocycles. The highest BCUT2D eigenvalue weighted by molar-refractivity contribution is 7.89. The van der Waals surface area contributed by atoms with Crippen LogP contribution < -0.4 is 16.0 Å². The fourth-order valence-corrected chi connectivity index (χ4v) is 3.27. The summed E-state index contributed by atoms with van der Waals surface area (Å²) in [5, 5.41) is 8.48. The number of hydrogen-bond donors (Lipinski definition) is 3. The Bertz CT molecular complexity index is 773. The van der Waals surface area contributed by atoms with Crippen LogP contribution in [0.1, 0.15) is 30.1 Å². The number of carbonyl (C=O) groups excluding carboxylic acids is 2. The van der Waals surface area contributed by atoms with Crippen LogP contribution in [0.5, 0.6) is 0 Å². The van der Waals surface area contributed by atoms with Gasteiger partial charge >= 0.3 is 0 Å². The largest absolute Gasteiger partial charge is 0.385 e. The zero-order chi connectivity index (χ0) is 19.3. The molecular weight excluding hydrogens is 356 g/mol. The maximum atomic E-state index is 12.5. The Morgan fingerprint density at radius 3 is 2.35 bits per heavy atom. The van der Waals surface area contributed by atoms with Gasteiger partial charge in [0, 0.05) is 51.9 Å². The van der Waals surface area contributed by atoms with Gasteiger partial charge in [-0.15, -0.1) is 0 Å². The van der Waals surface area contributed by atoms with Crippen molar-refractivity contribution in [2.24, 2.45) is 5.92 Å². The lowest BCUT2D eigenvalue weighted by molar-refractivity contribution is -0.118. The molecule has 0 atom stereocenters. The van der Waals surface area contributed by atoms with Crippen molar-refractivity contribution in [3.8, 4) is 0 Å². The van der Waals surface area contributed by atoms with Crippen LogP contribution in [0.4, 0.5) is 5.69 Å². The van der Waals surface area contributed by atoms with Crippen molar-refractivity contribution in [3.05, 3.63) is 23.8 Å². The first-order valence-electron chi connectivity index (χ1n) is 8.54. The van der Waals surface area contributed by atoms with Crippen LogP contribution in [0.15, 0.2) is 23.1 Å². The molecule has 0 bridgehead atoms. The summed E-state index contributed by atoms with van der Waals surface area (Å²) >= 11 is 0. The van der Waals surface area contributed by atoms with Gasteiger partial charge in [-0.3, -0.25) is 9.59 Å². The van der Waals surface area contributed by atoms with E-state index in [2.05, 4.69) is 16.0 Å². The minimum absolute atomic E-state index is 0.0651. The molecule has 0 aliphatic heterocycles. The molecule has 3 N–H and O–H groups in total. The van der Waals surface area contributed by atoms with E-state index in [1.165, 1.54) is 39.9 Å². The highest BCUT2D eigenvalue weighted by Crippen LogP contribution is 2.29.